The zero-order valence-electron chi connectivity index (χ0n) is 9.50. The number of nitrogens with one attached hydrogen (secondary N) is 1. The molecule has 1 fully saturated rings. The van der Waals surface area contributed by atoms with Crippen LogP contribution in [0.3, 0.4) is 0 Å². The Labute approximate surface area is 94.5 Å². The number of halogens is 1. The van der Waals surface area contributed by atoms with Gasteiger partial charge in [0.2, 0.25) is 0 Å². The van der Waals surface area contributed by atoms with Crippen molar-refractivity contribution < 1.29 is 9.50 Å². The van der Waals surface area contributed by atoms with Crippen molar-refractivity contribution in [2.75, 3.05) is 11.1 Å². The summed E-state index contributed by atoms with van der Waals surface area (Å²) in [6.45, 7) is 3.98. The maximum absolute atomic E-state index is 13.1. The molecule has 1 aliphatic carbocycles. The molecular formula is C12H17FN2O. The minimum atomic E-state index is -0.347. The van der Waals surface area contributed by atoms with Crippen molar-refractivity contribution in [1.82, 2.24) is 0 Å². The van der Waals surface area contributed by atoms with Crippen LogP contribution in [0.5, 0.6) is 0 Å². The molecule has 1 aliphatic rings. The molecule has 88 valence electrons. The monoisotopic (exact) mass is 224 g/mol. The van der Waals surface area contributed by atoms with E-state index in [0.29, 0.717) is 17.8 Å². The number of nitrogen functional groups attached to an aromatic ring is 1. The first-order valence-electron chi connectivity index (χ1n) is 5.40. The lowest BCUT2D eigenvalue weighted by Gasteiger charge is -2.49. The van der Waals surface area contributed by atoms with E-state index >= 15 is 0 Å². The highest BCUT2D eigenvalue weighted by Crippen LogP contribution is 2.42. The smallest absolute Gasteiger partial charge is 0.127 e. The number of anilines is 2. The predicted octanol–water partition coefficient (Wildman–Crippen LogP) is 1.98. The topological polar surface area (TPSA) is 58.3 Å². The standard InChI is InChI=1S/C12H17FN2O/c1-12(2)10(6-11(12)16)15-9-4-7(13)3-8(14)5-9/h3-5,10-11,15-16H,6,14H2,1-2H3. The Kier molecular flexibility index (Phi) is 2.54. The first-order valence-corrected chi connectivity index (χ1v) is 5.40. The molecule has 0 bridgehead atoms. The van der Waals surface area contributed by atoms with Gasteiger partial charge in [0.15, 0.2) is 0 Å². The van der Waals surface area contributed by atoms with Crippen molar-refractivity contribution in [1.29, 1.82) is 0 Å². The van der Waals surface area contributed by atoms with E-state index in [1.54, 1.807) is 6.07 Å². The van der Waals surface area contributed by atoms with Crippen molar-refractivity contribution in [3.05, 3.63) is 24.0 Å². The highest BCUT2D eigenvalue weighted by Gasteiger charge is 2.47. The van der Waals surface area contributed by atoms with Gasteiger partial charge in [0.05, 0.1) is 6.10 Å². The van der Waals surface area contributed by atoms with Gasteiger partial charge in [0.25, 0.3) is 0 Å². The van der Waals surface area contributed by atoms with Crippen molar-refractivity contribution in [2.45, 2.75) is 32.4 Å². The second-order valence-electron chi connectivity index (χ2n) is 5.04. The van der Waals surface area contributed by atoms with Crippen LogP contribution in [-0.2, 0) is 0 Å². The molecule has 3 nitrogen and oxygen atoms in total. The Bertz CT molecular complexity index is 386. The Morgan fingerprint density at radius 3 is 2.62 bits per heavy atom. The summed E-state index contributed by atoms with van der Waals surface area (Å²) in [6, 6.07) is 4.55. The van der Waals surface area contributed by atoms with E-state index in [1.165, 1.54) is 12.1 Å². The summed E-state index contributed by atoms with van der Waals surface area (Å²) in [5.41, 5.74) is 6.45. The molecule has 0 saturated heterocycles. The number of aliphatic hydroxyl groups excluding tert-OH is 1. The fourth-order valence-electron chi connectivity index (χ4n) is 2.04. The summed E-state index contributed by atoms with van der Waals surface area (Å²) in [5, 5.41) is 12.8. The van der Waals surface area contributed by atoms with Gasteiger partial charge >= 0.3 is 0 Å². The molecule has 4 N–H and O–H groups in total. The van der Waals surface area contributed by atoms with Crippen LogP contribution in [0.15, 0.2) is 18.2 Å². The molecule has 2 atom stereocenters. The van der Waals surface area contributed by atoms with Crippen LogP contribution < -0.4 is 11.1 Å². The fourth-order valence-corrected chi connectivity index (χ4v) is 2.04. The lowest BCUT2D eigenvalue weighted by atomic mass is 9.64. The third kappa shape index (κ3) is 1.85. The predicted molar refractivity (Wildman–Crippen MR) is 62.6 cm³/mol. The second-order valence-corrected chi connectivity index (χ2v) is 5.04. The van der Waals surface area contributed by atoms with Gasteiger partial charge in [0, 0.05) is 22.8 Å². The minimum Gasteiger partial charge on any atom is -0.399 e. The molecule has 0 amide bonds. The van der Waals surface area contributed by atoms with Crippen LogP contribution in [0.25, 0.3) is 0 Å². The summed E-state index contributed by atoms with van der Waals surface area (Å²) in [6.07, 6.45) is 0.388. The first kappa shape index (κ1) is 11.2. The molecule has 0 radical (unpaired) electrons. The van der Waals surface area contributed by atoms with E-state index < -0.39 is 0 Å². The summed E-state index contributed by atoms with van der Waals surface area (Å²) >= 11 is 0. The lowest BCUT2D eigenvalue weighted by molar-refractivity contribution is -0.0510. The van der Waals surface area contributed by atoms with E-state index in [0.717, 1.165) is 0 Å². The largest absolute Gasteiger partial charge is 0.399 e. The Balaban J connectivity index is 2.11. The van der Waals surface area contributed by atoms with Crippen molar-refractivity contribution in [3.63, 3.8) is 0 Å². The molecule has 0 aliphatic heterocycles. The van der Waals surface area contributed by atoms with E-state index in [1.807, 2.05) is 13.8 Å². The van der Waals surface area contributed by atoms with Crippen LogP contribution in [0.1, 0.15) is 20.3 Å². The molecule has 0 aromatic heterocycles. The molecule has 1 aromatic rings. The molecular weight excluding hydrogens is 207 g/mol. The van der Waals surface area contributed by atoms with E-state index in [9.17, 15) is 9.50 Å². The van der Waals surface area contributed by atoms with Gasteiger partial charge in [-0.05, 0) is 24.6 Å². The summed E-state index contributed by atoms with van der Waals surface area (Å²) in [4.78, 5) is 0. The maximum Gasteiger partial charge on any atom is 0.127 e. The quantitative estimate of drug-likeness (QED) is 0.673. The molecule has 2 rings (SSSR count). The van der Waals surface area contributed by atoms with Crippen molar-refractivity contribution in [3.8, 4) is 0 Å². The first-order chi connectivity index (χ1) is 7.39. The number of benzene rings is 1. The van der Waals surface area contributed by atoms with Crippen LogP contribution in [-0.4, -0.2) is 17.3 Å². The second kappa shape index (κ2) is 3.63. The third-order valence-electron chi connectivity index (χ3n) is 3.48. The van der Waals surface area contributed by atoms with Crippen LogP contribution in [0.4, 0.5) is 15.8 Å². The van der Waals surface area contributed by atoms with Crippen LogP contribution in [0.2, 0.25) is 0 Å². The Hall–Kier alpha value is -1.29. The zero-order valence-corrected chi connectivity index (χ0v) is 9.50. The highest BCUT2D eigenvalue weighted by atomic mass is 19.1. The van der Waals surface area contributed by atoms with Crippen molar-refractivity contribution in [2.24, 2.45) is 5.41 Å². The van der Waals surface area contributed by atoms with Gasteiger partial charge in [0.1, 0.15) is 5.82 Å². The number of hydrogen-bond acceptors (Lipinski definition) is 3. The summed E-state index contributed by atoms with van der Waals surface area (Å²) < 4.78 is 13.1. The molecule has 1 aromatic carbocycles. The molecule has 16 heavy (non-hydrogen) atoms. The average Bonchev–Trinajstić information content (AvgIpc) is 2.15. The normalized spacial score (nSPS) is 27.2. The molecule has 0 heterocycles. The SMILES string of the molecule is CC1(C)C(O)CC1Nc1cc(N)cc(F)c1. The van der Waals surface area contributed by atoms with Crippen LogP contribution >= 0.6 is 0 Å². The zero-order chi connectivity index (χ0) is 11.9. The van der Waals surface area contributed by atoms with Crippen LogP contribution in [0, 0.1) is 11.2 Å². The van der Waals surface area contributed by atoms with E-state index in [2.05, 4.69) is 5.32 Å². The highest BCUT2D eigenvalue weighted by molar-refractivity contribution is 5.55. The maximum atomic E-state index is 13.1. The number of aliphatic hydroxyl groups is 1. The number of nitrogens with two attached hydrogens (primary N) is 1. The number of hydrogen-bond donors (Lipinski definition) is 3. The Morgan fingerprint density at radius 2 is 2.12 bits per heavy atom. The molecule has 0 spiro atoms. The summed E-state index contributed by atoms with van der Waals surface area (Å²) in [7, 11) is 0. The Morgan fingerprint density at radius 1 is 1.44 bits per heavy atom. The van der Waals surface area contributed by atoms with Gasteiger partial charge in [-0.15, -0.1) is 0 Å². The third-order valence-corrected chi connectivity index (χ3v) is 3.48. The van der Waals surface area contributed by atoms with Gasteiger partial charge in [-0.2, -0.15) is 0 Å². The van der Waals surface area contributed by atoms with E-state index in [-0.39, 0.29) is 23.4 Å². The van der Waals surface area contributed by atoms with Gasteiger partial charge in [-0.1, -0.05) is 13.8 Å². The van der Waals surface area contributed by atoms with Gasteiger partial charge < -0.3 is 16.2 Å². The van der Waals surface area contributed by atoms with Gasteiger partial charge in [-0.3, -0.25) is 0 Å². The van der Waals surface area contributed by atoms with Gasteiger partial charge in [-0.25, -0.2) is 4.39 Å². The molecule has 1 saturated carbocycles. The summed E-state index contributed by atoms with van der Waals surface area (Å²) in [5.74, 6) is -0.347. The number of rotatable bonds is 2. The van der Waals surface area contributed by atoms with E-state index in [4.69, 9.17) is 5.73 Å². The van der Waals surface area contributed by atoms with Crippen molar-refractivity contribution >= 4 is 11.4 Å². The molecule has 4 heteroatoms. The lowest BCUT2D eigenvalue weighted by Crippen LogP contribution is -2.56. The fraction of sp³-hybridized carbons (Fsp3) is 0.500. The molecule has 2 unspecified atom stereocenters. The average molecular weight is 224 g/mol. The minimum absolute atomic E-state index is 0.156.